The molecule has 106 valence electrons. The molecule has 0 atom stereocenters. The third-order valence-corrected chi connectivity index (χ3v) is 5.75. The highest BCUT2D eigenvalue weighted by molar-refractivity contribution is 8.00. The van der Waals surface area contributed by atoms with Crippen molar-refractivity contribution in [1.29, 1.82) is 0 Å². The Morgan fingerprint density at radius 1 is 1.11 bits per heavy atom. The van der Waals surface area contributed by atoms with Gasteiger partial charge in [-0.3, -0.25) is 0 Å². The van der Waals surface area contributed by atoms with Crippen LogP contribution in [-0.2, 0) is 6.54 Å². The van der Waals surface area contributed by atoms with Gasteiger partial charge in [0, 0.05) is 27.9 Å². The maximum absolute atomic E-state index is 6.02. The molecule has 0 aliphatic heterocycles. The largest absolute Gasteiger partial charge is 0.311 e. The van der Waals surface area contributed by atoms with E-state index in [1.54, 1.807) is 6.07 Å². The minimum atomic E-state index is 0.431. The standard InChI is InChI=1S/C15H21Cl2NS/c1-19-15(5-3-2-4-6-15)11-18-10-12-7-13(16)9-14(17)8-12/h7-9,18H,2-6,10-11H2,1H3. The number of rotatable bonds is 5. The van der Waals surface area contributed by atoms with Crippen LogP contribution in [-0.4, -0.2) is 17.5 Å². The number of hydrogen-bond donors (Lipinski definition) is 1. The van der Waals surface area contributed by atoms with Crippen molar-refractivity contribution >= 4 is 35.0 Å². The molecule has 1 saturated carbocycles. The van der Waals surface area contributed by atoms with Crippen LogP contribution in [0.4, 0.5) is 0 Å². The van der Waals surface area contributed by atoms with Gasteiger partial charge < -0.3 is 5.32 Å². The van der Waals surface area contributed by atoms with Crippen molar-refractivity contribution in [3.05, 3.63) is 33.8 Å². The predicted octanol–water partition coefficient (Wildman–Crippen LogP) is 5.15. The molecule has 1 nitrogen and oxygen atoms in total. The third kappa shape index (κ3) is 4.56. The molecule has 0 radical (unpaired) electrons. The second-order valence-corrected chi connectivity index (χ2v) is 7.48. The zero-order chi connectivity index (χ0) is 13.7. The fraction of sp³-hybridized carbons (Fsp3) is 0.600. The lowest BCUT2D eigenvalue weighted by Crippen LogP contribution is -2.39. The summed E-state index contributed by atoms with van der Waals surface area (Å²) in [5, 5.41) is 5.00. The summed E-state index contributed by atoms with van der Waals surface area (Å²) in [6, 6.07) is 5.73. The van der Waals surface area contributed by atoms with Crippen molar-refractivity contribution in [2.24, 2.45) is 0 Å². The SMILES string of the molecule is CSC1(CNCc2cc(Cl)cc(Cl)c2)CCCCC1. The van der Waals surface area contributed by atoms with Crippen LogP contribution in [0.3, 0.4) is 0 Å². The summed E-state index contributed by atoms with van der Waals surface area (Å²) in [5.74, 6) is 0. The number of halogens is 2. The first-order chi connectivity index (χ1) is 9.13. The van der Waals surface area contributed by atoms with Gasteiger partial charge in [-0.05, 0) is 42.9 Å². The van der Waals surface area contributed by atoms with Crippen molar-refractivity contribution in [3.8, 4) is 0 Å². The van der Waals surface area contributed by atoms with E-state index in [1.807, 2.05) is 23.9 Å². The minimum Gasteiger partial charge on any atom is -0.311 e. The Kier molecular flexibility index (Phi) is 5.88. The van der Waals surface area contributed by atoms with Crippen LogP contribution in [0.2, 0.25) is 10.0 Å². The first kappa shape index (κ1) is 15.5. The second kappa shape index (κ2) is 7.21. The quantitative estimate of drug-likeness (QED) is 0.806. The monoisotopic (exact) mass is 317 g/mol. The van der Waals surface area contributed by atoms with E-state index < -0.39 is 0 Å². The number of hydrogen-bond acceptors (Lipinski definition) is 2. The van der Waals surface area contributed by atoms with Gasteiger partial charge >= 0.3 is 0 Å². The van der Waals surface area contributed by atoms with E-state index in [0.717, 1.165) is 18.7 Å². The van der Waals surface area contributed by atoms with Gasteiger partial charge in [0.2, 0.25) is 0 Å². The molecule has 19 heavy (non-hydrogen) atoms. The molecular formula is C15H21Cl2NS. The number of nitrogens with one attached hydrogen (secondary N) is 1. The second-order valence-electron chi connectivity index (χ2n) is 5.33. The topological polar surface area (TPSA) is 12.0 Å². The van der Waals surface area contributed by atoms with Crippen LogP contribution in [0.1, 0.15) is 37.7 Å². The van der Waals surface area contributed by atoms with Crippen LogP contribution in [0.15, 0.2) is 18.2 Å². The van der Waals surface area contributed by atoms with Gasteiger partial charge in [0.1, 0.15) is 0 Å². The maximum atomic E-state index is 6.02. The highest BCUT2D eigenvalue weighted by Crippen LogP contribution is 2.38. The van der Waals surface area contributed by atoms with Gasteiger partial charge in [-0.1, -0.05) is 42.5 Å². The Hall–Kier alpha value is 0.110. The van der Waals surface area contributed by atoms with Crippen LogP contribution in [0.5, 0.6) is 0 Å². The van der Waals surface area contributed by atoms with E-state index in [9.17, 15) is 0 Å². The van der Waals surface area contributed by atoms with Crippen molar-refractivity contribution in [2.75, 3.05) is 12.8 Å². The Morgan fingerprint density at radius 3 is 2.32 bits per heavy atom. The van der Waals surface area contributed by atoms with Gasteiger partial charge in [0.25, 0.3) is 0 Å². The maximum Gasteiger partial charge on any atom is 0.0424 e. The van der Waals surface area contributed by atoms with Crippen molar-refractivity contribution in [2.45, 2.75) is 43.4 Å². The van der Waals surface area contributed by atoms with Gasteiger partial charge in [-0.25, -0.2) is 0 Å². The normalized spacial score (nSPS) is 18.5. The average Bonchev–Trinajstić information content (AvgIpc) is 2.39. The molecule has 0 heterocycles. The zero-order valence-electron chi connectivity index (χ0n) is 11.3. The zero-order valence-corrected chi connectivity index (χ0v) is 13.7. The molecule has 0 amide bonds. The van der Waals surface area contributed by atoms with E-state index >= 15 is 0 Å². The molecule has 0 spiro atoms. The van der Waals surface area contributed by atoms with E-state index in [1.165, 1.54) is 32.1 Å². The lowest BCUT2D eigenvalue weighted by Gasteiger charge is -2.36. The molecule has 0 aromatic heterocycles. The first-order valence-corrected chi connectivity index (χ1v) is 8.82. The molecule has 1 fully saturated rings. The minimum absolute atomic E-state index is 0.431. The summed E-state index contributed by atoms with van der Waals surface area (Å²) < 4.78 is 0.431. The molecule has 1 aromatic carbocycles. The Bertz CT molecular complexity index is 396. The summed E-state index contributed by atoms with van der Waals surface area (Å²) in [4.78, 5) is 0. The van der Waals surface area contributed by atoms with Gasteiger partial charge in [0.15, 0.2) is 0 Å². The molecule has 2 rings (SSSR count). The number of thioether (sulfide) groups is 1. The van der Waals surface area contributed by atoms with E-state index in [0.29, 0.717) is 14.8 Å². The molecule has 0 saturated heterocycles. The molecule has 1 aliphatic rings. The molecular weight excluding hydrogens is 297 g/mol. The van der Waals surface area contributed by atoms with Crippen LogP contribution < -0.4 is 5.32 Å². The number of benzene rings is 1. The fourth-order valence-electron chi connectivity index (χ4n) is 2.80. The van der Waals surface area contributed by atoms with Crippen molar-refractivity contribution in [3.63, 3.8) is 0 Å². The molecule has 1 aliphatic carbocycles. The Morgan fingerprint density at radius 2 is 1.74 bits per heavy atom. The third-order valence-electron chi connectivity index (χ3n) is 3.90. The van der Waals surface area contributed by atoms with Crippen LogP contribution in [0.25, 0.3) is 0 Å². The first-order valence-electron chi connectivity index (χ1n) is 6.84. The molecule has 0 unspecified atom stereocenters. The highest BCUT2D eigenvalue weighted by atomic mass is 35.5. The summed E-state index contributed by atoms with van der Waals surface area (Å²) in [6.07, 6.45) is 9.03. The molecule has 0 bridgehead atoms. The van der Waals surface area contributed by atoms with Crippen molar-refractivity contribution in [1.82, 2.24) is 5.32 Å². The highest BCUT2D eigenvalue weighted by Gasteiger charge is 2.30. The average molecular weight is 318 g/mol. The van der Waals surface area contributed by atoms with E-state index in [4.69, 9.17) is 23.2 Å². The lowest BCUT2D eigenvalue weighted by molar-refractivity contribution is 0.379. The van der Waals surface area contributed by atoms with Gasteiger partial charge in [-0.15, -0.1) is 0 Å². The van der Waals surface area contributed by atoms with Gasteiger partial charge in [-0.2, -0.15) is 11.8 Å². The Balaban J connectivity index is 1.88. The van der Waals surface area contributed by atoms with Crippen LogP contribution >= 0.6 is 35.0 Å². The molecule has 4 heteroatoms. The summed E-state index contributed by atoms with van der Waals surface area (Å²) in [5.41, 5.74) is 1.16. The fourth-order valence-corrected chi connectivity index (χ4v) is 4.31. The summed E-state index contributed by atoms with van der Waals surface area (Å²) in [6.45, 7) is 1.90. The molecule has 1 aromatic rings. The Labute approximate surface area is 130 Å². The van der Waals surface area contributed by atoms with E-state index in [-0.39, 0.29) is 0 Å². The van der Waals surface area contributed by atoms with Gasteiger partial charge in [0.05, 0.1) is 0 Å². The molecule has 1 N–H and O–H groups in total. The smallest absolute Gasteiger partial charge is 0.0424 e. The predicted molar refractivity (Wildman–Crippen MR) is 87.5 cm³/mol. The summed E-state index contributed by atoms with van der Waals surface area (Å²) in [7, 11) is 0. The van der Waals surface area contributed by atoms with E-state index in [2.05, 4.69) is 11.6 Å². The summed E-state index contributed by atoms with van der Waals surface area (Å²) >= 11 is 14.1. The lowest BCUT2D eigenvalue weighted by atomic mass is 9.88. The van der Waals surface area contributed by atoms with Crippen molar-refractivity contribution < 1.29 is 0 Å². The van der Waals surface area contributed by atoms with Crippen LogP contribution in [0, 0.1) is 0 Å².